The number of aromatic hydroxyl groups is 1. The Kier molecular flexibility index (Phi) is 3.63. The van der Waals surface area contributed by atoms with Crippen molar-refractivity contribution in [1.29, 1.82) is 0 Å². The molecular weight excluding hydrogens is 322 g/mol. The summed E-state index contributed by atoms with van der Waals surface area (Å²) in [6, 6.07) is 3.20. The molecule has 7 heteroatoms. The van der Waals surface area contributed by atoms with Gasteiger partial charge in [0.25, 0.3) is 11.1 Å². The highest BCUT2D eigenvalue weighted by Gasteiger charge is 2.25. The van der Waals surface area contributed by atoms with Crippen molar-refractivity contribution in [2.24, 2.45) is 0 Å². The van der Waals surface area contributed by atoms with Gasteiger partial charge in [0.2, 0.25) is 0 Å². The Morgan fingerprint density at radius 1 is 1.44 bits per heavy atom. The van der Waals surface area contributed by atoms with Crippen LogP contribution in [0, 0.1) is 0 Å². The van der Waals surface area contributed by atoms with Crippen molar-refractivity contribution in [2.45, 2.75) is 0 Å². The molecule has 1 fully saturated rings. The summed E-state index contributed by atoms with van der Waals surface area (Å²) in [6.45, 7) is 0. The lowest BCUT2D eigenvalue weighted by atomic mass is 10.2. The molecule has 0 aromatic heterocycles. The number of hydrogen-bond donors (Lipinski definition) is 2. The van der Waals surface area contributed by atoms with Crippen LogP contribution in [0.15, 0.2) is 21.5 Å². The van der Waals surface area contributed by atoms with Crippen LogP contribution < -0.4 is 10.1 Å². The number of phenolic OH excluding ortho intramolecular Hbond substituents is 1. The minimum atomic E-state index is -0.423. The minimum Gasteiger partial charge on any atom is -0.503 e. The number of amides is 2. The van der Waals surface area contributed by atoms with Crippen molar-refractivity contribution < 1.29 is 19.4 Å². The number of thioether (sulfide) groups is 1. The van der Waals surface area contributed by atoms with E-state index in [1.165, 1.54) is 7.11 Å². The van der Waals surface area contributed by atoms with Gasteiger partial charge in [-0.05, 0) is 51.5 Å². The molecule has 1 heterocycles. The van der Waals surface area contributed by atoms with E-state index >= 15 is 0 Å². The third-order valence-corrected chi connectivity index (χ3v) is 3.63. The topological polar surface area (TPSA) is 75.6 Å². The zero-order valence-electron chi connectivity index (χ0n) is 9.19. The zero-order valence-corrected chi connectivity index (χ0v) is 11.6. The smallest absolute Gasteiger partial charge is 0.290 e. The quantitative estimate of drug-likeness (QED) is 0.815. The van der Waals surface area contributed by atoms with Crippen molar-refractivity contribution in [3.8, 4) is 11.5 Å². The fraction of sp³-hybridized carbons (Fsp3) is 0.0909. The maximum absolute atomic E-state index is 11.4. The first-order valence-corrected chi connectivity index (χ1v) is 6.43. The van der Waals surface area contributed by atoms with E-state index in [1.54, 1.807) is 18.2 Å². The van der Waals surface area contributed by atoms with E-state index in [0.29, 0.717) is 14.9 Å². The molecule has 1 saturated heterocycles. The minimum absolute atomic E-state index is 0.0146. The highest BCUT2D eigenvalue weighted by molar-refractivity contribution is 9.10. The summed E-state index contributed by atoms with van der Waals surface area (Å²) in [5.74, 6) is -0.154. The Bertz CT molecular complexity index is 570. The van der Waals surface area contributed by atoms with E-state index in [2.05, 4.69) is 21.2 Å². The number of rotatable bonds is 2. The highest BCUT2D eigenvalue weighted by atomic mass is 79.9. The van der Waals surface area contributed by atoms with Gasteiger partial charge < -0.3 is 9.84 Å². The first-order valence-electron chi connectivity index (χ1n) is 4.82. The molecular formula is C11H8BrNO4S. The van der Waals surface area contributed by atoms with Crippen LogP contribution >= 0.6 is 27.7 Å². The summed E-state index contributed by atoms with van der Waals surface area (Å²) in [7, 11) is 1.43. The van der Waals surface area contributed by atoms with Crippen molar-refractivity contribution >= 4 is 44.9 Å². The van der Waals surface area contributed by atoms with E-state index < -0.39 is 11.1 Å². The van der Waals surface area contributed by atoms with Gasteiger partial charge in [-0.15, -0.1) is 0 Å². The molecule has 1 aromatic rings. The van der Waals surface area contributed by atoms with Crippen molar-refractivity contribution in [1.82, 2.24) is 5.32 Å². The van der Waals surface area contributed by atoms with E-state index in [4.69, 9.17) is 4.74 Å². The molecule has 0 aliphatic carbocycles. The zero-order chi connectivity index (χ0) is 13.3. The number of nitrogens with one attached hydrogen (secondary N) is 1. The third kappa shape index (κ3) is 2.51. The first-order chi connectivity index (χ1) is 8.51. The maximum Gasteiger partial charge on any atom is 0.290 e. The van der Waals surface area contributed by atoms with Crippen molar-refractivity contribution in [2.75, 3.05) is 7.11 Å². The molecule has 2 N–H and O–H groups in total. The van der Waals surface area contributed by atoms with Crippen LogP contribution in [0.5, 0.6) is 11.5 Å². The molecule has 5 nitrogen and oxygen atoms in total. The van der Waals surface area contributed by atoms with E-state index in [0.717, 1.165) is 11.8 Å². The lowest BCUT2D eigenvalue weighted by molar-refractivity contribution is -0.115. The predicted octanol–water partition coefficient (Wildman–Crippen LogP) is 2.49. The van der Waals surface area contributed by atoms with Gasteiger partial charge in [-0.3, -0.25) is 14.9 Å². The highest BCUT2D eigenvalue weighted by Crippen LogP contribution is 2.36. The van der Waals surface area contributed by atoms with Gasteiger partial charge in [0.1, 0.15) is 0 Å². The molecule has 2 amide bonds. The van der Waals surface area contributed by atoms with Crippen molar-refractivity contribution in [3.63, 3.8) is 0 Å². The number of benzene rings is 1. The van der Waals surface area contributed by atoms with Crippen LogP contribution in [0.3, 0.4) is 0 Å². The van der Waals surface area contributed by atoms with E-state index in [9.17, 15) is 14.7 Å². The summed E-state index contributed by atoms with van der Waals surface area (Å²) in [4.78, 5) is 22.7. The van der Waals surface area contributed by atoms with E-state index in [-0.39, 0.29) is 11.5 Å². The Morgan fingerprint density at radius 3 is 2.72 bits per heavy atom. The van der Waals surface area contributed by atoms with Gasteiger partial charge in [-0.2, -0.15) is 0 Å². The number of carbonyl (C=O) groups excluding carboxylic acids is 2. The summed E-state index contributed by atoms with van der Waals surface area (Å²) >= 11 is 4.02. The van der Waals surface area contributed by atoms with Crippen LogP contribution in [0.2, 0.25) is 0 Å². The lowest BCUT2D eigenvalue weighted by Crippen LogP contribution is -2.17. The molecule has 2 rings (SSSR count). The van der Waals surface area contributed by atoms with Gasteiger partial charge in [0, 0.05) is 0 Å². The molecule has 0 bridgehead atoms. The third-order valence-electron chi connectivity index (χ3n) is 2.21. The predicted molar refractivity (Wildman–Crippen MR) is 71.5 cm³/mol. The van der Waals surface area contributed by atoms with Gasteiger partial charge in [-0.1, -0.05) is 0 Å². The normalized spacial score (nSPS) is 17.1. The molecule has 0 radical (unpaired) electrons. The second kappa shape index (κ2) is 5.03. The van der Waals surface area contributed by atoms with Gasteiger partial charge >= 0.3 is 0 Å². The lowest BCUT2D eigenvalue weighted by Gasteiger charge is -2.06. The van der Waals surface area contributed by atoms with Gasteiger partial charge in [0.15, 0.2) is 11.5 Å². The number of imide groups is 1. The van der Waals surface area contributed by atoms with Crippen LogP contribution in [0.4, 0.5) is 4.79 Å². The van der Waals surface area contributed by atoms with Crippen molar-refractivity contribution in [3.05, 3.63) is 27.1 Å². The van der Waals surface area contributed by atoms with Crippen LogP contribution in [-0.2, 0) is 4.79 Å². The molecule has 1 aliphatic rings. The largest absolute Gasteiger partial charge is 0.503 e. The number of phenols is 1. The second-order valence-electron chi connectivity index (χ2n) is 3.41. The Hall–Kier alpha value is -1.47. The molecule has 1 aromatic carbocycles. The van der Waals surface area contributed by atoms with E-state index in [1.807, 2.05) is 0 Å². The fourth-order valence-electron chi connectivity index (χ4n) is 1.41. The Labute approximate surface area is 115 Å². The SMILES string of the molecule is COc1cc(/C=C2/SC(=O)NC2=O)cc(Br)c1O. The number of ether oxygens (including phenoxy) is 1. The first kappa shape index (κ1) is 13.0. The standard InChI is InChI=1S/C11H8BrNO4S/c1-17-7-3-5(2-6(12)9(7)14)4-8-10(15)13-11(16)18-8/h2-4,14H,1H3,(H,13,15,16)/b8-4+. The summed E-state index contributed by atoms with van der Waals surface area (Å²) in [5.41, 5.74) is 0.642. The van der Waals surface area contributed by atoms with Gasteiger partial charge in [-0.25, -0.2) is 0 Å². The van der Waals surface area contributed by atoms with Crippen LogP contribution in [0.1, 0.15) is 5.56 Å². The Morgan fingerprint density at radius 2 is 2.17 bits per heavy atom. The van der Waals surface area contributed by atoms with Crippen LogP contribution in [-0.4, -0.2) is 23.4 Å². The molecule has 0 unspecified atom stereocenters. The second-order valence-corrected chi connectivity index (χ2v) is 5.27. The Balaban J connectivity index is 2.41. The summed E-state index contributed by atoms with van der Waals surface area (Å²) in [5, 5.41) is 11.4. The fourth-order valence-corrected chi connectivity index (χ4v) is 2.55. The molecule has 0 saturated carbocycles. The molecule has 0 spiro atoms. The molecule has 1 aliphatic heterocycles. The number of methoxy groups -OCH3 is 1. The molecule has 94 valence electrons. The maximum atomic E-state index is 11.4. The number of carbonyl (C=O) groups is 2. The average molecular weight is 330 g/mol. The monoisotopic (exact) mass is 329 g/mol. The molecule has 0 atom stereocenters. The van der Waals surface area contributed by atoms with Crippen LogP contribution in [0.25, 0.3) is 6.08 Å². The number of halogens is 1. The average Bonchev–Trinajstić information content (AvgIpc) is 2.62. The summed E-state index contributed by atoms with van der Waals surface area (Å²) < 4.78 is 5.44. The summed E-state index contributed by atoms with van der Waals surface area (Å²) in [6.07, 6.45) is 1.55. The van der Waals surface area contributed by atoms with Gasteiger partial charge in [0.05, 0.1) is 16.5 Å². The molecule has 18 heavy (non-hydrogen) atoms. The number of hydrogen-bond acceptors (Lipinski definition) is 5.